The first-order valence-corrected chi connectivity index (χ1v) is 6.16. The van der Waals surface area contributed by atoms with E-state index in [1.807, 2.05) is 0 Å². The third-order valence-corrected chi connectivity index (χ3v) is 2.85. The molecule has 0 unspecified atom stereocenters. The number of carbonyl (C=O) groups excluding carboxylic acids is 1. The van der Waals surface area contributed by atoms with Gasteiger partial charge in [0.15, 0.2) is 6.29 Å². The van der Waals surface area contributed by atoms with Crippen molar-refractivity contribution in [3.8, 4) is 5.88 Å². The minimum absolute atomic E-state index is 0.0661. The Morgan fingerprint density at radius 2 is 2.14 bits per heavy atom. The minimum Gasteiger partial charge on any atom is -0.481 e. The van der Waals surface area contributed by atoms with Crippen molar-refractivity contribution in [2.45, 2.75) is 6.42 Å². The zero-order valence-electron chi connectivity index (χ0n) is 11.5. The molecule has 0 saturated carbocycles. The highest BCUT2D eigenvalue weighted by Crippen LogP contribution is 2.22. The van der Waals surface area contributed by atoms with Gasteiger partial charge in [-0.1, -0.05) is 0 Å². The number of ether oxygens (including phenoxy) is 1. The van der Waals surface area contributed by atoms with Crippen LogP contribution in [0.5, 0.6) is 5.88 Å². The first-order valence-electron chi connectivity index (χ1n) is 6.16. The first kappa shape index (κ1) is 15.4. The van der Waals surface area contributed by atoms with Crippen molar-refractivity contribution in [3.63, 3.8) is 0 Å². The summed E-state index contributed by atoms with van der Waals surface area (Å²) in [5, 5.41) is 10.8. The van der Waals surface area contributed by atoms with Crippen LogP contribution in [0.2, 0.25) is 0 Å². The summed E-state index contributed by atoms with van der Waals surface area (Å²) in [6, 6.07) is 2.65. The Hall–Kier alpha value is -3.03. The fourth-order valence-corrected chi connectivity index (χ4v) is 1.93. The molecule has 0 aliphatic carbocycles. The number of carboxylic acid groups (broad SMARTS) is 1. The highest BCUT2D eigenvalue weighted by atomic mass is 19.1. The van der Waals surface area contributed by atoms with E-state index in [2.05, 4.69) is 15.3 Å². The lowest BCUT2D eigenvalue weighted by Crippen LogP contribution is -2.10. The van der Waals surface area contributed by atoms with Gasteiger partial charge in [-0.25, -0.2) is 19.2 Å². The number of hydrogen-bond donors (Lipinski definition) is 2. The zero-order chi connectivity index (χ0) is 16.1. The maximum absolute atomic E-state index is 13.3. The monoisotopic (exact) mass is 305 g/mol. The molecule has 0 aliphatic rings. The number of carbonyl (C=O) groups is 2. The molecule has 2 rings (SSSR count). The van der Waals surface area contributed by atoms with Crippen molar-refractivity contribution in [1.29, 1.82) is 0 Å². The van der Waals surface area contributed by atoms with E-state index in [4.69, 9.17) is 9.84 Å². The van der Waals surface area contributed by atoms with Crippen LogP contribution in [0.15, 0.2) is 24.5 Å². The molecule has 0 fully saturated rings. The zero-order valence-corrected chi connectivity index (χ0v) is 11.5. The van der Waals surface area contributed by atoms with Crippen LogP contribution in [-0.4, -0.2) is 34.6 Å². The molecule has 2 aromatic rings. The quantitative estimate of drug-likeness (QED) is 0.820. The molecule has 2 N–H and O–H groups in total. The second kappa shape index (κ2) is 6.61. The number of aromatic nitrogens is 2. The number of methoxy groups -OCH3 is 1. The lowest BCUT2D eigenvalue weighted by atomic mass is 10.0. The van der Waals surface area contributed by atoms with Crippen molar-refractivity contribution in [1.82, 2.24) is 9.97 Å². The van der Waals surface area contributed by atoms with E-state index in [0.717, 1.165) is 6.20 Å². The molecule has 0 aliphatic heterocycles. The second-order valence-corrected chi connectivity index (χ2v) is 4.32. The van der Waals surface area contributed by atoms with E-state index in [1.165, 1.54) is 25.4 Å². The number of aldehydes is 1. The predicted octanol–water partition coefficient (Wildman–Crippen LogP) is 2.12. The summed E-state index contributed by atoms with van der Waals surface area (Å²) in [4.78, 5) is 29.3. The van der Waals surface area contributed by atoms with Gasteiger partial charge in [-0.05, 0) is 17.7 Å². The van der Waals surface area contributed by atoms with Gasteiger partial charge in [0, 0.05) is 23.7 Å². The van der Waals surface area contributed by atoms with Gasteiger partial charge >= 0.3 is 6.09 Å². The summed E-state index contributed by atoms with van der Waals surface area (Å²) < 4.78 is 18.4. The highest BCUT2D eigenvalue weighted by molar-refractivity contribution is 5.83. The van der Waals surface area contributed by atoms with Crippen LogP contribution in [-0.2, 0) is 6.42 Å². The van der Waals surface area contributed by atoms with Gasteiger partial charge < -0.3 is 9.84 Å². The minimum atomic E-state index is -1.28. The van der Waals surface area contributed by atoms with Crippen molar-refractivity contribution in [2.24, 2.45) is 0 Å². The molecule has 0 spiro atoms. The van der Waals surface area contributed by atoms with Crippen LogP contribution in [0.1, 0.15) is 21.5 Å². The summed E-state index contributed by atoms with van der Waals surface area (Å²) in [6.45, 7) is 0. The first-order chi connectivity index (χ1) is 10.5. The number of nitrogens with one attached hydrogen (secondary N) is 1. The van der Waals surface area contributed by atoms with Crippen LogP contribution >= 0.6 is 0 Å². The summed E-state index contributed by atoms with van der Waals surface area (Å²) >= 11 is 0. The lowest BCUT2D eigenvalue weighted by molar-refractivity contribution is 0.112. The van der Waals surface area contributed by atoms with Crippen molar-refractivity contribution < 1.29 is 23.8 Å². The lowest BCUT2D eigenvalue weighted by Gasteiger charge is -2.10. The van der Waals surface area contributed by atoms with E-state index >= 15 is 0 Å². The predicted molar refractivity (Wildman–Crippen MR) is 74.8 cm³/mol. The van der Waals surface area contributed by atoms with Gasteiger partial charge in [0.1, 0.15) is 11.6 Å². The Balaban J connectivity index is 2.41. The Kier molecular flexibility index (Phi) is 4.62. The van der Waals surface area contributed by atoms with E-state index < -0.39 is 11.9 Å². The smallest absolute Gasteiger partial charge is 0.410 e. The van der Waals surface area contributed by atoms with Gasteiger partial charge in [0.25, 0.3) is 0 Å². The van der Waals surface area contributed by atoms with E-state index in [0.29, 0.717) is 17.4 Å². The topological polar surface area (TPSA) is 101 Å². The molecular formula is C14H12FN3O4. The van der Waals surface area contributed by atoms with Gasteiger partial charge in [0.2, 0.25) is 5.88 Å². The number of hydrogen-bond acceptors (Lipinski definition) is 5. The van der Waals surface area contributed by atoms with E-state index in [-0.39, 0.29) is 23.7 Å². The number of rotatable bonds is 5. The molecule has 8 heteroatoms. The van der Waals surface area contributed by atoms with Crippen LogP contribution in [0, 0.1) is 5.82 Å². The summed E-state index contributed by atoms with van der Waals surface area (Å²) in [6.07, 6.45) is 1.72. The molecule has 0 bridgehead atoms. The molecule has 22 heavy (non-hydrogen) atoms. The molecule has 7 nitrogen and oxygen atoms in total. The average Bonchev–Trinajstić information content (AvgIpc) is 2.47. The van der Waals surface area contributed by atoms with Gasteiger partial charge in [-0.15, -0.1) is 0 Å². The number of pyridine rings is 2. The van der Waals surface area contributed by atoms with E-state index in [9.17, 15) is 14.0 Å². The maximum Gasteiger partial charge on any atom is 0.410 e. The Morgan fingerprint density at radius 3 is 2.77 bits per heavy atom. The number of amides is 1. The molecule has 0 aromatic carbocycles. The molecule has 0 radical (unpaired) electrons. The standard InChI is InChI=1S/C14H12FN3O4/c1-22-13-9(3-11(15)6-17-13)2-8-4-12(18-14(20)21)16-5-10(8)7-19/h3-7H,2H2,1H3,(H,16,18)(H,20,21). The Labute approximate surface area is 124 Å². The SMILES string of the molecule is COc1ncc(F)cc1Cc1cc(NC(=O)O)ncc1C=O. The average molecular weight is 305 g/mol. The van der Waals surface area contributed by atoms with Crippen LogP contribution in [0.25, 0.3) is 0 Å². The van der Waals surface area contributed by atoms with Crippen LogP contribution < -0.4 is 10.1 Å². The third-order valence-electron chi connectivity index (χ3n) is 2.85. The molecule has 114 valence electrons. The van der Waals surface area contributed by atoms with Crippen molar-refractivity contribution >= 4 is 18.2 Å². The maximum atomic E-state index is 13.3. The van der Waals surface area contributed by atoms with Crippen molar-refractivity contribution in [2.75, 3.05) is 12.4 Å². The Bertz CT molecular complexity index is 721. The van der Waals surface area contributed by atoms with Crippen LogP contribution in [0.4, 0.5) is 15.0 Å². The van der Waals surface area contributed by atoms with Crippen molar-refractivity contribution in [3.05, 3.63) is 47.0 Å². The van der Waals surface area contributed by atoms with Gasteiger partial charge in [0.05, 0.1) is 13.3 Å². The normalized spacial score (nSPS) is 10.1. The van der Waals surface area contributed by atoms with E-state index in [1.54, 1.807) is 0 Å². The molecule has 0 saturated heterocycles. The fraction of sp³-hybridized carbons (Fsp3) is 0.143. The molecule has 0 atom stereocenters. The highest BCUT2D eigenvalue weighted by Gasteiger charge is 2.12. The fourth-order valence-electron chi connectivity index (χ4n) is 1.93. The molecular weight excluding hydrogens is 293 g/mol. The molecule has 1 amide bonds. The van der Waals surface area contributed by atoms with Gasteiger partial charge in [-0.2, -0.15) is 0 Å². The molecule has 2 aromatic heterocycles. The number of nitrogens with zero attached hydrogens (tertiary/aromatic N) is 2. The van der Waals surface area contributed by atoms with Gasteiger partial charge in [-0.3, -0.25) is 10.1 Å². The summed E-state index contributed by atoms with van der Waals surface area (Å²) in [5.41, 5.74) is 1.17. The van der Waals surface area contributed by atoms with Crippen LogP contribution in [0.3, 0.4) is 0 Å². The Morgan fingerprint density at radius 1 is 1.36 bits per heavy atom. The summed E-state index contributed by atoms with van der Waals surface area (Å²) in [7, 11) is 1.40. The largest absolute Gasteiger partial charge is 0.481 e. The number of anilines is 1. The molecule has 2 heterocycles. The second-order valence-electron chi connectivity index (χ2n) is 4.32. The summed E-state index contributed by atoms with van der Waals surface area (Å²) in [5.74, 6) is -0.249. The third kappa shape index (κ3) is 3.54. The number of halogens is 1.